The third-order valence-corrected chi connectivity index (χ3v) is 7.21. The molecule has 0 bridgehead atoms. The molecule has 0 aromatic heterocycles. The van der Waals surface area contributed by atoms with Crippen LogP contribution in [0.1, 0.15) is 17.5 Å². The maximum Gasteiger partial charge on any atom is 0.334 e. The zero-order valence-corrected chi connectivity index (χ0v) is 21.7. The summed E-state index contributed by atoms with van der Waals surface area (Å²) < 4.78 is 5.25. The molecule has 2 aliphatic heterocycles. The summed E-state index contributed by atoms with van der Waals surface area (Å²) in [5.74, 6) is 1.25. The molecule has 2 aliphatic rings. The van der Waals surface area contributed by atoms with E-state index in [0.29, 0.717) is 19.5 Å². The zero-order chi connectivity index (χ0) is 25.7. The van der Waals surface area contributed by atoms with Gasteiger partial charge in [-0.05, 0) is 41.7 Å². The van der Waals surface area contributed by atoms with Gasteiger partial charge in [-0.25, -0.2) is 14.8 Å². The third-order valence-electron chi connectivity index (χ3n) is 6.56. The molecule has 2 heterocycles. The fourth-order valence-corrected chi connectivity index (χ4v) is 5.22. The average molecular weight is 512 g/mol. The highest BCUT2D eigenvalue weighted by molar-refractivity contribution is 7.98. The quantitative estimate of drug-likeness (QED) is 0.586. The summed E-state index contributed by atoms with van der Waals surface area (Å²) in [6, 6.07) is 16.4. The molecule has 0 spiro atoms. The summed E-state index contributed by atoms with van der Waals surface area (Å²) in [5, 5.41) is 6.22. The Morgan fingerprint density at radius 2 is 1.81 bits per heavy atom. The van der Waals surface area contributed by atoms with Crippen molar-refractivity contribution in [1.82, 2.24) is 25.1 Å². The first kappa shape index (κ1) is 25.8. The van der Waals surface area contributed by atoms with Crippen LogP contribution in [0.3, 0.4) is 0 Å². The molecule has 36 heavy (non-hydrogen) atoms. The number of benzene rings is 2. The summed E-state index contributed by atoms with van der Waals surface area (Å²) in [5.41, 5.74) is 1.94. The van der Waals surface area contributed by atoms with Crippen LogP contribution in [-0.4, -0.2) is 89.1 Å². The number of rotatable bonds is 8. The lowest BCUT2D eigenvalue weighted by Crippen LogP contribution is -2.75. The Hall–Kier alpha value is -3.24. The number of urea groups is 1. The second kappa shape index (κ2) is 11.7. The molecule has 2 saturated heterocycles. The van der Waals surface area contributed by atoms with Gasteiger partial charge < -0.3 is 19.9 Å². The minimum Gasteiger partial charge on any atom is -0.497 e. The number of carbonyl (C=O) groups excluding carboxylic acids is 3. The van der Waals surface area contributed by atoms with E-state index < -0.39 is 12.2 Å². The molecule has 4 rings (SSSR count). The van der Waals surface area contributed by atoms with Gasteiger partial charge in [0.15, 0.2) is 0 Å². The molecule has 10 heteroatoms. The maximum atomic E-state index is 13.6. The SMILES string of the molecule is COc1ccc(CN2C[C@H]3N(C(=O)CN(C)N3C(=O)NCc3ccccc3)[C@@H](CCSC)C2=O)cc1. The number of piperazine rings is 1. The van der Waals surface area contributed by atoms with Gasteiger partial charge in [-0.1, -0.05) is 42.5 Å². The summed E-state index contributed by atoms with van der Waals surface area (Å²) >= 11 is 1.63. The molecule has 2 fully saturated rings. The molecule has 2 atom stereocenters. The first-order chi connectivity index (χ1) is 17.4. The van der Waals surface area contributed by atoms with Crippen molar-refractivity contribution in [2.75, 3.05) is 39.3 Å². The molecule has 2 aromatic rings. The second-order valence-corrected chi connectivity index (χ2v) is 9.94. The Morgan fingerprint density at radius 3 is 2.47 bits per heavy atom. The number of ether oxygens (including phenoxy) is 1. The number of amides is 4. The first-order valence-electron chi connectivity index (χ1n) is 12.0. The van der Waals surface area contributed by atoms with E-state index in [4.69, 9.17) is 4.74 Å². The fourth-order valence-electron chi connectivity index (χ4n) is 4.76. The number of likely N-dealkylation sites (N-methyl/N-ethyl adjacent to an activating group) is 1. The van der Waals surface area contributed by atoms with Gasteiger partial charge in [0.25, 0.3) is 0 Å². The molecule has 1 N–H and O–H groups in total. The number of carbonyl (C=O) groups is 3. The molecule has 4 amide bonds. The lowest BCUT2D eigenvalue weighted by Gasteiger charge is -2.54. The monoisotopic (exact) mass is 511 g/mol. The van der Waals surface area contributed by atoms with Crippen LogP contribution in [0.4, 0.5) is 4.79 Å². The summed E-state index contributed by atoms with van der Waals surface area (Å²) in [6.07, 6.45) is 1.93. The molecule has 192 valence electrons. The zero-order valence-electron chi connectivity index (χ0n) is 20.9. The van der Waals surface area contributed by atoms with Crippen LogP contribution >= 0.6 is 11.8 Å². The van der Waals surface area contributed by atoms with E-state index >= 15 is 0 Å². The first-order valence-corrected chi connectivity index (χ1v) is 13.4. The molecule has 0 radical (unpaired) electrons. The van der Waals surface area contributed by atoms with Gasteiger partial charge in [0.05, 0.1) is 20.2 Å². The van der Waals surface area contributed by atoms with Gasteiger partial charge in [0, 0.05) is 20.1 Å². The smallest absolute Gasteiger partial charge is 0.334 e. The highest BCUT2D eigenvalue weighted by Crippen LogP contribution is 2.29. The molecule has 0 unspecified atom stereocenters. The van der Waals surface area contributed by atoms with E-state index in [9.17, 15) is 14.4 Å². The highest BCUT2D eigenvalue weighted by atomic mass is 32.2. The van der Waals surface area contributed by atoms with Crippen molar-refractivity contribution < 1.29 is 19.1 Å². The van der Waals surface area contributed by atoms with Gasteiger partial charge in [-0.2, -0.15) is 11.8 Å². The molecule has 9 nitrogen and oxygen atoms in total. The van der Waals surface area contributed by atoms with Crippen LogP contribution in [0.5, 0.6) is 5.75 Å². The lowest BCUT2D eigenvalue weighted by atomic mass is 10.0. The number of thioether (sulfide) groups is 1. The van der Waals surface area contributed by atoms with Gasteiger partial charge in [0.2, 0.25) is 11.8 Å². The number of nitrogens with one attached hydrogen (secondary N) is 1. The number of hydrogen-bond donors (Lipinski definition) is 1. The van der Waals surface area contributed by atoms with E-state index in [1.54, 1.807) is 45.7 Å². The average Bonchev–Trinajstić information content (AvgIpc) is 2.88. The fraction of sp³-hybridized carbons (Fsp3) is 0.423. The lowest BCUT2D eigenvalue weighted by molar-refractivity contribution is -0.187. The van der Waals surface area contributed by atoms with Gasteiger partial charge in [-0.15, -0.1) is 0 Å². The minimum atomic E-state index is -0.611. The second-order valence-electron chi connectivity index (χ2n) is 8.95. The van der Waals surface area contributed by atoms with Crippen molar-refractivity contribution in [2.45, 2.75) is 31.7 Å². The summed E-state index contributed by atoms with van der Waals surface area (Å²) in [6.45, 7) is 1.03. The third kappa shape index (κ3) is 5.60. The summed E-state index contributed by atoms with van der Waals surface area (Å²) in [7, 11) is 3.35. The minimum absolute atomic E-state index is 0.0385. The largest absolute Gasteiger partial charge is 0.497 e. The van der Waals surface area contributed by atoms with Crippen molar-refractivity contribution in [3.63, 3.8) is 0 Å². The van der Waals surface area contributed by atoms with Crippen molar-refractivity contribution in [1.29, 1.82) is 0 Å². The van der Waals surface area contributed by atoms with E-state index in [1.165, 1.54) is 0 Å². The number of nitrogens with zero attached hydrogens (tertiary/aromatic N) is 4. The number of hydrazine groups is 1. The van der Waals surface area contributed by atoms with Crippen molar-refractivity contribution in [3.8, 4) is 5.75 Å². The predicted molar refractivity (Wildman–Crippen MR) is 139 cm³/mol. The number of hydrogen-bond acceptors (Lipinski definition) is 6. The van der Waals surface area contributed by atoms with Crippen molar-refractivity contribution in [2.24, 2.45) is 0 Å². The molecule has 2 aromatic carbocycles. The van der Waals surface area contributed by atoms with Crippen LogP contribution in [0.25, 0.3) is 0 Å². The van der Waals surface area contributed by atoms with Crippen LogP contribution in [0.15, 0.2) is 54.6 Å². The Kier molecular flexibility index (Phi) is 8.37. The summed E-state index contributed by atoms with van der Waals surface area (Å²) in [4.78, 5) is 43.6. The van der Waals surface area contributed by atoms with Gasteiger partial charge in [0.1, 0.15) is 18.0 Å². The highest BCUT2D eigenvalue weighted by Gasteiger charge is 2.50. The van der Waals surface area contributed by atoms with E-state index in [1.807, 2.05) is 60.9 Å². The van der Waals surface area contributed by atoms with E-state index in [0.717, 1.165) is 22.6 Å². The van der Waals surface area contributed by atoms with E-state index in [-0.39, 0.29) is 30.9 Å². The Bertz CT molecular complexity index is 1070. The Balaban J connectivity index is 1.59. The Labute approximate surface area is 216 Å². The topological polar surface area (TPSA) is 85.4 Å². The molecular formula is C26H33N5O4S. The Morgan fingerprint density at radius 1 is 1.08 bits per heavy atom. The molecule has 0 aliphatic carbocycles. The van der Waals surface area contributed by atoms with Crippen LogP contribution in [0.2, 0.25) is 0 Å². The number of methoxy groups -OCH3 is 1. The maximum absolute atomic E-state index is 13.6. The van der Waals surface area contributed by atoms with E-state index in [2.05, 4.69) is 5.32 Å². The van der Waals surface area contributed by atoms with Crippen molar-refractivity contribution in [3.05, 3.63) is 65.7 Å². The predicted octanol–water partition coefficient (Wildman–Crippen LogP) is 2.39. The normalized spacial score (nSPS) is 20.4. The van der Waals surface area contributed by atoms with Crippen LogP contribution in [-0.2, 0) is 22.7 Å². The molecule has 0 saturated carbocycles. The standard InChI is InChI=1S/C26H33N5O4S/c1-28-18-24(32)30-22(13-14-36-3)25(33)29(16-20-9-11-21(35-2)12-10-20)17-23(30)31(28)26(34)27-15-19-7-5-4-6-8-19/h4-12,22-23H,13-18H2,1-3H3,(H,27,34)/t22-,23-/m0/s1. The van der Waals surface area contributed by atoms with Crippen LogP contribution < -0.4 is 10.1 Å². The van der Waals surface area contributed by atoms with Crippen LogP contribution in [0, 0.1) is 0 Å². The number of fused-ring (bicyclic) bond motifs is 1. The van der Waals surface area contributed by atoms with Gasteiger partial charge in [-0.3, -0.25) is 9.59 Å². The van der Waals surface area contributed by atoms with Gasteiger partial charge >= 0.3 is 6.03 Å². The van der Waals surface area contributed by atoms with Crippen molar-refractivity contribution >= 4 is 29.6 Å². The molecular weight excluding hydrogens is 478 g/mol.